The molecule has 0 spiro atoms. The van der Waals surface area contributed by atoms with Gasteiger partial charge in [0.15, 0.2) is 0 Å². The van der Waals surface area contributed by atoms with Gasteiger partial charge in [-0.05, 0) is 19.3 Å². The topological polar surface area (TPSA) is 66.8 Å². The first-order chi connectivity index (χ1) is 11.1. The quantitative estimate of drug-likeness (QED) is 0.308. The number of unbranched alkanes of at least 4 members (excludes halogenated alkanes) is 4. The smallest absolute Gasteiger partial charge is 0.305 e. The summed E-state index contributed by atoms with van der Waals surface area (Å²) in [6.45, 7) is 2.07. The number of allylic oxidation sites excluding steroid dienone is 5. The Labute approximate surface area is 140 Å². The van der Waals surface area contributed by atoms with E-state index in [4.69, 9.17) is 0 Å². The zero-order valence-electron chi connectivity index (χ0n) is 14.5. The Balaban J connectivity index is 3.66. The minimum absolute atomic E-state index is 0.158. The Bertz CT molecular complexity index is 372. The SMILES string of the molecule is CC/C=C/C=C/C=C/[C@H](O)[C@@H](O)CCCCCCCC(=O)OC. The Morgan fingerprint density at radius 3 is 2.35 bits per heavy atom. The first-order valence-corrected chi connectivity index (χ1v) is 8.54. The number of aliphatic hydroxyl groups excluding tert-OH is 2. The summed E-state index contributed by atoms with van der Waals surface area (Å²) in [6.07, 6.45) is 16.3. The van der Waals surface area contributed by atoms with Crippen molar-refractivity contribution >= 4 is 5.97 Å². The monoisotopic (exact) mass is 324 g/mol. The van der Waals surface area contributed by atoms with Gasteiger partial charge in [0.25, 0.3) is 0 Å². The molecule has 0 aromatic heterocycles. The van der Waals surface area contributed by atoms with Crippen LogP contribution in [0.2, 0.25) is 0 Å². The van der Waals surface area contributed by atoms with E-state index in [1.807, 2.05) is 24.3 Å². The van der Waals surface area contributed by atoms with E-state index in [1.54, 1.807) is 12.2 Å². The van der Waals surface area contributed by atoms with Crippen molar-refractivity contribution in [3.8, 4) is 0 Å². The van der Waals surface area contributed by atoms with Crippen LogP contribution in [-0.2, 0) is 9.53 Å². The molecule has 0 aliphatic rings. The molecule has 0 aromatic carbocycles. The highest BCUT2D eigenvalue weighted by Gasteiger charge is 2.11. The van der Waals surface area contributed by atoms with Gasteiger partial charge in [0, 0.05) is 6.42 Å². The fourth-order valence-corrected chi connectivity index (χ4v) is 2.08. The zero-order chi connectivity index (χ0) is 17.3. The molecule has 0 fully saturated rings. The Morgan fingerprint density at radius 2 is 1.65 bits per heavy atom. The lowest BCUT2D eigenvalue weighted by Gasteiger charge is -2.14. The van der Waals surface area contributed by atoms with Crippen molar-refractivity contribution in [2.24, 2.45) is 0 Å². The van der Waals surface area contributed by atoms with E-state index in [1.165, 1.54) is 7.11 Å². The van der Waals surface area contributed by atoms with Crippen LogP contribution in [0.15, 0.2) is 36.5 Å². The van der Waals surface area contributed by atoms with Crippen LogP contribution < -0.4 is 0 Å². The third-order valence-electron chi connectivity index (χ3n) is 3.52. The van der Waals surface area contributed by atoms with Gasteiger partial charge in [-0.3, -0.25) is 4.79 Å². The van der Waals surface area contributed by atoms with Gasteiger partial charge in [0.2, 0.25) is 0 Å². The second-order valence-electron chi connectivity index (χ2n) is 5.55. The van der Waals surface area contributed by atoms with E-state index in [0.717, 1.165) is 38.5 Å². The summed E-state index contributed by atoms with van der Waals surface area (Å²) in [6, 6.07) is 0. The van der Waals surface area contributed by atoms with Crippen molar-refractivity contribution in [3.05, 3.63) is 36.5 Å². The van der Waals surface area contributed by atoms with Gasteiger partial charge in [-0.15, -0.1) is 0 Å². The molecule has 0 aliphatic carbocycles. The lowest BCUT2D eigenvalue weighted by atomic mass is 10.0. The minimum atomic E-state index is -0.825. The summed E-state index contributed by atoms with van der Waals surface area (Å²) >= 11 is 0. The largest absolute Gasteiger partial charge is 0.469 e. The van der Waals surface area contributed by atoms with Gasteiger partial charge < -0.3 is 14.9 Å². The van der Waals surface area contributed by atoms with E-state index in [-0.39, 0.29) is 5.97 Å². The second-order valence-corrected chi connectivity index (χ2v) is 5.55. The molecule has 2 N–H and O–H groups in total. The van der Waals surface area contributed by atoms with Crippen molar-refractivity contribution in [2.45, 2.75) is 70.5 Å². The van der Waals surface area contributed by atoms with Crippen LogP contribution in [0.25, 0.3) is 0 Å². The van der Waals surface area contributed by atoms with E-state index >= 15 is 0 Å². The van der Waals surface area contributed by atoms with Crippen LogP contribution in [0.4, 0.5) is 0 Å². The van der Waals surface area contributed by atoms with Crippen LogP contribution in [0, 0.1) is 0 Å². The highest BCUT2D eigenvalue weighted by molar-refractivity contribution is 5.68. The van der Waals surface area contributed by atoms with E-state index in [2.05, 4.69) is 11.7 Å². The summed E-state index contributed by atoms with van der Waals surface area (Å²) in [7, 11) is 1.40. The van der Waals surface area contributed by atoms with Gasteiger partial charge in [0.1, 0.15) is 0 Å². The molecule has 0 bridgehead atoms. The summed E-state index contributed by atoms with van der Waals surface area (Å²) in [5, 5.41) is 19.7. The van der Waals surface area contributed by atoms with Crippen LogP contribution in [0.3, 0.4) is 0 Å². The van der Waals surface area contributed by atoms with Gasteiger partial charge in [0.05, 0.1) is 19.3 Å². The lowest BCUT2D eigenvalue weighted by Crippen LogP contribution is -2.23. The first-order valence-electron chi connectivity index (χ1n) is 8.54. The minimum Gasteiger partial charge on any atom is -0.469 e. The molecule has 4 nitrogen and oxygen atoms in total. The van der Waals surface area contributed by atoms with Crippen molar-refractivity contribution in [2.75, 3.05) is 7.11 Å². The first kappa shape index (κ1) is 21.6. The van der Waals surface area contributed by atoms with Gasteiger partial charge in [-0.1, -0.05) is 69.1 Å². The van der Waals surface area contributed by atoms with E-state index in [0.29, 0.717) is 12.8 Å². The molecule has 0 unspecified atom stereocenters. The molecule has 0 aliphatic heterocycles. The maximum atomic E-state index is 10.9. The summed E-state index contributed by atoms with van der Waals surface area (Å²) in [5.41, 5.74) is 0. The molecule has 23 heavy (non-hydrogen) atoms. The van der Waals surface area contributed by atoms with Crippen LogP contribution >= 0.6 is 0 Å². The third-order valence-corrected chi connectivity index (χ3v) is 3.52. The predicted octanol–water partition coefficient (Wildman–Crippen LogP) is 3.69. The lowest BCUT2D eigenvalue weighted by molar-refractivity contribution is -0.140. The molecule has 0 rings (SSSR count). The maximum Gasteiger partial charge on any atom is 0.305 e. The third kappa shape index (κ3) is 14.0. The molecule has 0 heterocycles. The fraction of sp³-hybridized carbons (Fsp3) is 0.632. The second kappa shape index (κ2) is 15.5. The number of aliphatic hydroxyl groups is 2. The molecule has 4 heteroatoms. The molecule has 132 valence electrons. The summed E-state index contributed by atoms with van der Waals surface area (Å²) < 4.78 is 4.58. The van der Waals surface area contributed by atoms with Gasteiger partial charge >= 0.3 is 5.97 Å². The molecule has 0 aromatic rings. The van der Waals surface area contributed by atoms with E-state index in [9.17, 15) is 15.0 Å². The number of methoxy groups -OCH3 is 1. The highest BCUT2D eigenvalue weighted by atomic mass is 16.5. The average Bonchev–Trinajstić information content (AvgIpc) is 2.56. The van der Waals surface area contributed by atoms with Crippen molar-refractivity contribution in [1.82, 2.24) is 0 Å². The molecule has 2 atom stereocenters. The zero-order valence-corrected chi connectivity index (χ0v) is 14.5. The van der Waals surface area contributed by atoms with Crippen LogP contribution in [0.1, 0.15) is 58.3 Å². The van der Waals surface area contributed by atoms with Crippen LogP contribution in [0.5, 0.6) is 0 Å². The molecular formula is C19H32O4. The van der Waals surface area contributed by atoms with Crippen molar-refractivity contribution < 1.29 is 19.7 Å². The predicted molar refractivity (Wildman–Crippen MR) is 94.1 cm³/mol. The highest BCUT2D eigenvalue weighted by Crippen LogP contribution is 2.11. The van der Waals surface area contributed by atoms with Gasteiger partial charge in [-0.25, -0.2) is 0 Å². The Hall–Kier alpha value is -1.39. The molecule has 0 saturated heterocycles. The molecule has 0 amide bonds. The number of ether oxygens (including phenoxy) is 1. The number of rotatable bonds is 13. The number of esters is 1. The van der Waals surface area contributed by atoms with Crippen molar-refractivity contribution in [1.29, 1.82) is 0 Å². The Morgan fingerprint density at radius 1 is 1.00 bits per heavy atom. The average molecular weight is 324 g/mol. The van der Waals surface area contributed by atoms with Gasteiger partial charge in [-0.2, -0.15) is 0 Å². The molecule has 0 radical (unpaired) electrons. The normalized spacial score (nSPS) is 14.8. The molecule has 0 saturated carbocycles. The molecular weight excluding hydrogens is 292 g/mol. The summed E-state index contributed by atoms with van der Waals surface area (Å²) in [4.78, 5) is 10.9. The Kier molecular flexibility index (Phi) is 14.6. The standard InChI is InChI=1S/C19H32O4/c1-3-4-5-6-8-11-14-17(20)18(21)15-12-9-7-10-13-16-19(22)23-2/h4-6,8,11,14,17-18,20-21H,3,7,9-10,12-13,15-16H2,1-2H3/b5-4+,8-6+,14-11+/t17-,18-/m0/s1. The number of carbonyl (C=O) groups is 1. The van der Waals surface area contributed by atoms with Crippen molar-refractivity contribution in [3.63, 3.8) is 0 Å². The fourth-order valence-electron chi connectivity index (χ4n) is 2.08. The maximum absolute atomic E-state index is 10.9. The summed E-state index contributed by atoms with van der Waals surface area (Å²) in [5.74, 6) is -0.158. The van der Waals surface area contributed by atoms with Crippen LogP contribution in [-0.4, -0.2) is 35.5 Å². The number of hydrogen-bond donors (Lipinski definition) is 2. The van der Waals surface area contributed by atoms with E-state index < -0.39 is 12.2 Å². The number of carbonyl (C=O) groups excluding carboxylic acids is 1. The number of hydrogen-bond acceptors (Lipinski definition) is 4.